The van der Waals surface area contributed by atoms with Gasteiger partial charge in [-0.2, -0.15) is 0 Å². The van der Waals surface area contributed by atoms with Crippen molar-refractivity contribution in [3.8, 4) is 0 Å². The Hall–Kier alpha value is -1.77. The molecule has 0 aromatic heterocycles. The number of amides is 1. The third-order valence-corrected chi connectivity index (χ3v) is 14.1. The van der Waals surface area contributed by atoms with Crippen molar-refractivity contribution in [2.24, 2.45) is 0 Å². The predicted octanol–water partition coefficient (Wildman–Crippen LogP) is 16.9. The fourth-order valence-electron chi connectivity index (χ4n) is 8.51. The fourth-order valence-corrected chi connectivity index (χ4v) is 9.24. The van der Waals surface area contributed by atoms with Crippen LogP contribution in [0, 0.1) is 0 Å². The van der Waals surface area contributed by atoms with Gasteiger partial charge in [-0.25, -0.2) is 0 Å². The molecular formula is C59H113N2O7P. The molecule has 0 saturated heterocycles. The molecule has 10 heteroatoms. The van der Waals surface area contributed by atoms with Gasteiger partial charge in [-0.05, 0) is 57.4 Å². The van der Waals surface area contributed by atoms with Gasteiger partial charge in [0.25, 0.3) is 7.82 Å². The van der Waals surface area contributed by atoms with Crippen LogP contribution in [0.3, 0.4) is 0 Å². The van der Waals surface area contributed by atoms with Crippen molar-refractivity contribution in [1.29, 1.82) is 0 Å². The number of hydrogen-bond donors (Lipinski definition) is 1. The lowest BCUT2D eigenvalue weighted by molar-refractivity contribution is -0.870. The fraction of sp³-hybridized carbons (Fsp3) is 0.864. The lowest BCUT2D eigenvalue weighted by Crippen LogP contribution is -2.47. The first-order chi connectivity index (χ1) is 33.4. The average molecular weight is 994 g/mol. The van der Waals surface area contributed by atoms with Gasteiger partial charge in [-0.15, -0.1) is 0 Å². The highest BCUT2D eigenvalue weighted by Crippen LogP contribution is 2.38. The molecule has 0 rings (SSSR count). The number of carbonyl (C=O) groups excluding carboxylic acids is 2. The first-order valence-electron chi connectivity index (χ1n) is 29.3. The van der Waals surface area contributed by atoms with Crippen LogP contribution in [0.15, 0.2) is 36.5 Å². The second-order valence-corrected chi connectivity index (χ2v) is 22.6. The number of nitrogens with zero attached hydrogens (tertiary/aromatic N) is 1. The van der Waals surface area contributed by atoms with Crippen LogP contribution in [0.25, 0.3) is 0 Å². The van der Waals surface area contributed by atoms with E-state index in [1.807, 2.05) is 33.3 Å². The minimum Gasteiger partial charge on any atom is -0.756 e. The van der Waals surface area contributed by atoms with Crippen molar-refractivity contribution in [3.05, 3.63) is 36.5 Å². The van der Waals surface area contributed by atoms with Crippen LogP contribution in [0.1, 0.15) is 278 Å². The maximum Gasteiger partial charge on any atom is 0.306 e. The number of unbranched alkanes of at least 4 members (excludes halogenated alkanes) is 34. The Morgan fingerprint density at radius 2 is 0.870 bits per heavy atom. The first-order valence-corrected chi connectivity index (χ1v) is 30.8. The summed E-state index contributed by atoms with van der Waals surface area (Å²) < 4.78 is 30.2. The van der Waals surface area contributed by atoms with E-state index in [0.717, 1.165) is 83.5 Å². The summed E-state index contributed by atoms with van der Waals surface area (Å²) in [6.45, 7) is 6.82. The van der Waals surface area contributed by atoms with Crippen molar-refractivity contribution >= 4 is 19.7 Å². The summed E-state index contributed by atoms with van der Waals surface area (Å²) in [5.41, 5.74) is 0. The molecule has 0 aliphatic heterocycles. The number of ether oxygens (including phenoxy) is 1. The zero-order chi connectivity index (χ0) is 50.8. The second kappa shape index (κ2) is 49.8. The van der Waals surface area contributed by atoms with E-state index < -0.39 is 20.0 Å². The highest BCUT2D eigenvalue weighted by Gasteiger charge is 2.27. The molecule has 69 heavy (non-hydrogen) atoms. The smallest absolute Gasteiger partial charge is 0.306 e. The third-order valence-electron chi connectivity index (χ3n) is 13.1. The third kappa shape index (κ3) is 51.0. The normalized spacial score (nSPS) is 14.0. The molecule has 3 atom stereocenters. The van der Waals surface area contributed by atoms with Crippen LogP contribution in [-0.4, -0.2) is 69.4 Å². The number of allylic oxidation sites excluding steroid dienone is 5. The van der Waals surface area contributed by atoms with Crippen LogP contribution in [0.5, 0.6) is 0 Å². The Kier molecular flexibility index (Phi) is 48.5. The highest BCUT2D eigenvalue weighted by molar-refractivity contribution is 7.45. The van der Waals surface area contributed by atoms with Crippen molar-refractivity contribution in [2.45, 2.75) is 290 Å². The zero-order valence-corrected chi connectivity index (χ0v) is 47.2. The van der Waals surface area contributed by atoms with E-state index in [0.29, 0.717) is 17.4 Å². The molecule has 0 saturated carbocycles. The van der Waals surface area contributed by atoms with Crippen molar-refractivity contribution in [3.63, 3.8) is 0 Å². The number of phosphoric acid groups is 1. The zero-order valence-electron chi connectivity index (χ0n) is 46.3. The lowest BCUT2D eigenvalue weighted by atomic mass is 10.0. The minimum atomic E-state index is -4.69. The maximum atomic E-state index is 13.5. The average Bonchev–Trinajstić information content (AvgIpc) is 3.31. The number of likely N-dealkylation sites (N-methyl/N-ethyl adjacent to an activating group) is 1. The molecule has 0 heterocycles. The van der Waals surface area contributed by atoms with E-state index in [2.05, 4.69) is 50.4 Å². The van der Waals surface area contributed by atoms with Crippen LogP contribution >= 0.6 is 7.82 Å². The van der Waals surface area contributed by atoms with E-state index in [1.165, 1.54) is 161 Å². The number of phosphoric ester groups is 1. The Balaban J connectivity index is 5.29. The molecule has 0 aliphatic carbocycles. The van der Waals surface area contributed by atoms with Crippen LogP contribution < -0.4 is 10.2 Å². The number of esters is 1. The van der Waals surface area contributed by atoms with E-state index in [-0.39, 0.29) is 31.5 Å². The molecule has 1 N–H and O–H groups in total. The second-order valence-electron chi connectivity index (χ2n) is 21.2. The molecule has 0 aromatic rings. The minimum absolute atomic E-state index is 0.0229. The van der Waals surface area contributed by atoms with Gasteiger partial charge in [0, 0.05) is 12.8 Å². The van der Waals surface area contributed by atoms with Gasteiger partial charge in [-0.3, -0.25) is 14.2 Å². The van der Waals surface area contributed by atoms with Crippen molar-refractivity contribution < 1.29 is 37.3 Å². The Morgan fingerprint density at radius 1 is 0.507 bits per heavy atom. The monoisotopic (exact) mass is 993 g/mol. The summed E-state index contributed by atoms with van der Waals surface area (Å²) in [6, 6.07) is -0.889. The van der Waals surface area contributed by atoms with Gasteiger partial charge in [0.05, 0.1) is 33.8 Å². The molecule has 0 spiro atoms. The van der Waals surface area contributed by atoms with E-state index >= 15 is 0 Å². The number of rotatable bonds is 53. The highest BCUT2D eigenvalue weighted by atomic mass is 31.2. The summed E-state index contributed by atoms with van der Waals surface area (Å²) in [5.74, 6) is -0.545. The first kappa shape index (κ1) is 67.2. The van der Waals surface area contributed by atoms with Crippen molar-refractivity contribution in [2.75, 3.05) is 40.9 Å². The topological polar surface area (TPSA) is 114 Å². The van der Waals surface area contributed by atoms with E-state index in [9.17, 15) is 19.0 Å². The maximum absolute atomic E-state index is 13.5. The number of quaternary nitrogens is 1. The molecule has 406 valence electrons. The molecule has 1 amide bonds. The van der Waals surface area contributed by atoms with Gasteiger partial charge in [0.1, 0.15) is 19.3 Å². The summed E-state index contributed by atoms with van der Waals surface area (Å²) in [7, 11) is 1.18. The number of carbonyl (C=O) groups is 2. The Morgan fingerprint density at radius 3 is 1.30 bits per heavy atom. The number of hydrogen-bond acceptors (Lipinski definition) is 7. The van der Waals surface area contributed by atoms with Gasteiger partial charge in [0.15, 0.2) is 0 Å². The van der Waals surface area contributed by atoms with Gasteiger partial charge in [-0.1, -0.05) is 244 Å². The predicted molar refractivity (Wildman–Crippen MR) is 293 cm³/mol. The Labute approximate surface area is 427 Å². The van der Waals surface area contributed by atoms with Crippen LogP contribution in [0.2, 0.25) is 0 Å². The molecule has 0 bridgehead atoms. The molecule has 0 radical (unpaired) electrons. The quantitative estimate of drug-likeness (QED) is 0.0161. The van der Waals surface area contributed by atoms with E-state index in [4.69, 9.17) is 13.8 Å². The molecule has 0 fully saturated rings. The summed E-state index contributed by atoms with van der Waals surface area (Å²) in [5, 5.41) is 3.02. The van der Waals surface area contributed by atoms with Gasteiger partial charge in [0.2, 0.25) is 5.91 Å². The molecule has 0 aromatic carbocycles. The van der Waals surface area contributed by atoms with Crippen LogP contribution in [0.4, 0.5) is 0 Å². The van der Waals surface area contributed by atoms with Crippen molar-refractivity contribution in [1.82, 2.24) is 5.32 Å². The summed E-state index contributed by atoms with van der Waals surface area (Å²) in [6.07, 6.45) is 58.2. The summed E-state index contributed by atoms with van der Waals surface area (Å²) in [4.78, 5) is 39.8. The standard InChI is InChI=1S/C59H113N2O7P/c1-7-10-13-16-19-22-25-27-29-30-32-34-37-40-43-46-49-52-59(63)68-57(50-47-44-41-38-35-24-21-18-15-12-9-3)56(55-67-69(64,65)66-54-53-61(4,5)6)60-58(62)51-48-45-42-39-36-33-31-28-26-23-20-17-14-11-8-2/h20,23,26,28,47,50,56-57H,7-19,21-22,24-25,27,29-46,48-49,51-55H2,1-6H3,(H-,60,62,64,65)/b23-20+,28-26+,50-47+. The number of nitrogens with one attached hydrogen (secondary N) is 1. The SMILES string of the molecule is CCCCC/C=C/C=C/CCCCCCCCC(=O)NC(COP(=O)([O-])OCC[N+](C)(C)C)C(/C=C/CCCCCCCCCCC)OC(=O)CCCCCCCCCCCCCCCCCCC. The van der Waals surface area contributed by atoms with E-state index in [1.54, 1.807) is 0 Å². The molecule has 3 unspecified atom stereocenters. The summed E-state index contributed by atoms with van der Waals surface area (Å²) >= 11 is 0. The van der Waals surface area contributed by atoms with Crippen LogP contribution in [-0.2, 0) is 27.9 Å². The molecular weight excluding hydrogens is 880 g/mol. The van der Waals surface area contributed by atoms with Gasteiger partial charge < -0.3 is 28.5 Å². The van der Waals surface area contributed by atoms with Gasteiger partial charge >= 0.3 is 5.97 Å². The molecule has 0 aliphatic rings. The lowest BCUT2D eigenvalue weighted by Gasteiger charge is -2.30. The Bertz CT molecular complexity index is 1280. The molecule has 9 nitrogen and oxygen atoms in total. The largest absolute Gasteiger partial charge is 0.756 e.